The largest absolute Gasteiger partial charge is 0.495 e. The van der Waals surface area contributed by atoms with Crippen molar-refractivity contribution >= 4 is 57.9 Å². The van der Waals surface area contributed by atoms with E-state index in [4.69, 9.17) is 27.9 Å². The van der Waals surface area contributed by atoms with E-state index in [9.17, 15) is 4.79 Å². The zero-order valence-electron chi connectivity index (χ0n) is 22.3. The van der Waals surface area contributed by atoms with Gasteiger partial charge in [0.05, 0.1) is 17.8 Å². The van der Waals surface area contributed by atoms with Crippen molar-refractivity contribution in [3.05, 3.63) is 58.3 Å². The van der Waals surface area contributed by atoms with Crippen LogP contribution in [0, 0.1) is 6.92 Å². The average Bonchev–Trinajstić information content (AvgIpc) is 2.93. The van der Waals surface area contributed by atoms with Gasteiger partial charge >= 0.3 is 6.03 Å². The smallest absolute Gasteiger partial charge is 0.327 e. The molecule has 2 heterocycles. The molecule has 2 aromatic carbocycles. The molecule has 0 bridgehead atoms. The number of piperazine rings is 1. The van der Waals surface area contributed by atoms with E-state index in [-0.39, 0.29) is 10.7 Å². The Balaban J connectivity index is 1.41. The van der Waals surface area contributed by atoms with Crippen molar-refractivity contribution in [1.82, 2.24) is 14.9 Å². The quantitative estimate of drug-likeness (QED) is 0.366. The summed E-state index contributed by atoms with van der Waals surface area (Å²) in [5, 5.41) is 6.61. The Morgan fingerprint density at radius 3 is 2.37 bits per heavy atom. The molecule has 1 aliphatic rings. The molecule has 4 rings (SSSR count). The lowest BCUT2D eigenvalue weighted by molar-refractivity contribution is 0.209. The first-order valence-corrected chi connectivity index (χ1v) is 13.2. The Morgan fingerprint density at radius 1 is 1.05 bits per heavy atom. The molecule has 0 unspecified atom stereocenters. The van der Waals surface area contributed by atoms with Gasteiger partial charge in [-0.25, -0.2) is 14.8 Å². The lowest BCUT2D eigenvalue weighted by atomic mass is 10.2. The molecule has 11 heteroatoms. The standard InChI is InChI=1S/C27H33Cl2N7O2/c1-17(2)35-10-12-36(13-11-35)20-8-6-19(7-9-20)32-22-15-23(31-16-30-22)34(4)27(37)33-26-24(28)18(3)14-21(38-5)25(26)29/h6-9,14-17H,10-13H2,1-5H3,(H,33,37)(H,30,31,32). The highest BCUT2D eigenvalue weighted by molar-refractivity contribution is 6.41. The number of carbonyl (C=O) groups is 1. The minimum Gasteiger partial charge on any atom is -0.495 e. The summed E-state index contributed by atoms with van der Waals surface area (Å²) in [5.74, 6) is 1.37. The first-order chi connectivity index (χ1) is 18.2. The van der Waals surface area contributed by atoms with Crippen LogP contribution in [-0.4, -0.2) is 67.3 Å². The molecule has 3 aromatic rings. The molecule has 2 N–H and O–H groups in total. The third kappa shape index (κ3) is 6.23. The van der Waals surface area contributed by atoms with Crippen molar-refractivity contribution in [1.29, 1.82) is 0 Å². The van der Waals surface area contributed by atoms with Crippen LogP contribution in [0.1, 0.15) is 19.4 Å². The number of aromatic nitrogens is 2. The second-order valence-electron chi connectivity index (χ2n) is 9.44. The Hall–Kier alpha value is -3.27. The molecule has 9 nitrogen and oxygen atoms in total. The number of amides is 2. The SMILES string of the molecule is COc1cc(C)c(Cl)c(NC(=O)N(C)c2cc(Nc3ccc(N4CCN(C(C)C)CC4)cc3)ncn2)c1Cl. The van der Waals surface area contributed by atoms with E-state index >= 15 is 0 Å². The summed E-state index contributed by atoms with van der Waals surface area (Å²) < 4.78 is 5.29. The minimum atomic E-state index is -0.465. The van der Waals surface area contributed by atoms with Crippen LogP contribution >= 0.6 is 23.2 Å². The summed E-state index contributed by atoms with van der Waals surface area (Å²) in [7, 11) is 3.10. The molecule has 1 aromatic heterocycles. The second kappa shape index (κ2) is 12.1. The third-order valence-corrected chi connectivity index (χ3v) is 7.51. The number of aryl methyl sites for hydroxylation is 1. The highest BCUT2D eigenvalue weighted by Crippen LogP contribution is 2.40. The molecule has 2 amide bonds. The molecule has 1 fully saturated rings. The fraction of sp³-hybridized carbons (Fsp3) is 0.370. The molecule has 38 heavy (non-hydrogen) atoms. The van der Waals surface area contributed by atoms with Crippen LogP contribution in [0.3, 0.4) is 0 Å². The number of anilines is 5. The van der Waals surface area contributed by atoms with Gasteiger partial charge in [-0.3, -0.25) is 9.80 Å². The van der Waals surface area contributed by atoms with Crippen molar-refractivity contribution in [3.8, 4) is 5.75 Å². The summed E-state index contributed by atoms with van der Waals surface area (Å²) in [5.41, 5.74) is 3.09. The first kappa shape index (κ1) is 27.8. The van der Waals surface area contributed by atoms with E-state index in [2.05, 4.69) is 56.4 Å². The monoisotopic (exact) mass is 557 g/mol. The number of halogens is 2. The van der Waals surface area contributed by atoms with Crippen LogP contribution in [-0.2, 0) is 0 Å². The maximum Gasteiger partial charge on any atom is 0.327 e. The number of carbonyl (C=O) groups excluding carboxylic acids is 1. The van der Waals surface area contributed by atoms with Crippen LogP contribution in [0.2, 0.25) is 10.0 Å². The Kier molecular flexibility index (Phi) is 8.81. The Bertz CT molecular complexity index is 1280. The number of nitrogens with one attached hydrogen (secondary N) is 2. The van der Waals surface area contributed by atoms with E-state index in [1.165, 1.54) is 24.0 Å². The van der Waals surface area contributed by atoms with E-state index in [1.807, 2.05) is 19.1 Å². The second-order valence-corrected chi connectivity index (χ2v) is 10.2. The summed E-state index contributed by atoms with van der Waals surface area (Å²) >= 11 is 12.8. The lowest BCUT2D eigenvalue weighted by Gasteiger charge is -2.38. The summed E-state index contributed by atoms with van der Waals surface area (Å²) in [6.45, 7) is 10.5. The number of nitrogens with zero attached hydrogens (tertiary/aromatic N) is 5. The van der Waals surface area contributed by atoms with E-state index in [0.717, 1.165) is 37.4 Å². The highest BCUT2D eigenvalue weighted by Gasteiger charge is 2.21. The predicted octanol–water partition coefficient (Wildman–Crippen LogP) is 6.04. The molecular formula is C27H33Cl2N7O2. The van der Waals surface area contributed by atoms with Gasteiger partial charge in [-0.2, -0.15) is 0 Å². The number of ether oxygens (including phenoxy) is 1. The maximum atomic E-state index is 13.0. The molecular weight excluding hydrogens is 525 g/mol. The number of hydrogen-bond donors (Lipinski definition) is 2. The van der Waals surface area contributed by atoms with Crippen LogP contribution in [0.25, 0.3) is 0 Å². The zero-order chi connectivity index (χ0) is 27.4. The van der Waals surface area contributed by atoms with E-state index in [1.54, 1.807) is 19.2 Å². The van der Waals surface area contributed by atoms with Crippen molar-refractivity contribution in [2.24, 2.45) is 0 Å². The molecule has 0 spiro atoms. The maximum absolute atomic E-state index is 13.0. The van der Waals surface area contributed by atoms with Gasteiger partial charge in [0.25, 0.3) is 0 Å². The summed E-state index contributed by atoms with van der Waals surface area (Å²) in [4.78, 5) is 27.8. The van der Waals surface area contributed by atoms with Crippen molar-refractivity contribution in [3.63, 3.8) is 0 Å². The van der Waals surface area contributed by atoms with Crippen molar-refractivity contribution < 1.29 is 9.53 Å². The van der Waals surface area contributed by atoms with Crippen molar-refractivity contribution in [2.45, 2.75) is 26.8 Å². The fourth-order valence-corrected chi connectivity index (χ4v) is 4.81. The minimum absolute atomic E-state index is 0.222. The first-order valence-electron chi connectivity index (χ1n) is 12.4. The van der Waals surface area contributed by atoms with Crippen LogP contribution in [0.5, 0.6) is 5.75 Å². The molecule has 202 valence electrons. The topological polar surface area (TPSA) is 85.9 Å². The predicted molar refractivity (Wildman–Crippen MR) is 156 cm³/mol. The number of hydrogen-bond acceptors (Lipinski definition) is 7. The van der Waals surface area contributed by atoms with Crippen LogP contribution in [0.15, 0.2) is 42.7 Å². The molecule has 0 saturated carbocycles. The molecule has 0 radical (unpaired) electrons. The van der Waals surface area contributed by atoms with Crippen LogP contribution < -0.4 is 25.2 Å². The molecule has 0 aliphatic carbocycles. The molecule has 0 atom stereocenters. The lowest BCUT2D eigenvalue weighted by Crippen LogP contribution is -2.48. The van der Waals surface area contributed by atoms with Gasteiger partial charge in [-0.1, -0.05) is 23.2 Å². The normalized spacial score (nSPS) is 13.9. The Morgan fingerprint density at radius 2 is 1.74 bits per heavy atom. The number of rotatable bonds is 7. The fourth-order valence-electron chi connectivity index (χ4n) is 4.29. The number of urea groups is 1. The molecule has 1 saturated heterocycles. The summed E-state index contributed by atoms with van der Waals surface area (Å²) in [6, 6.07) is 11.8. The summed E-state index contributed by atoms with van der Waals surface area (Å²) in [6.07, 6.45) is 1.40. The zero-order valence-corrected chi connectivity index (χ0v) is 23.8. The number of methoxy groups -OCH3 is 1. The van der Waals surface area contributed by atoms with Gasteiger partial charge in [-0.15, -0.1) is 0 Å². The van der Waals surface area contributed by atoms with Gasteiger partial charge in [0.2, 0.25) is 0 Å². The average molecular weight is 559 g/mol. The van der Waals surface area contributed by atoms with Gasteiger partial charge in [0, 0.05) is 56.7 Å². The van der Waals surface area contributed by atoms with Crippen LogP contribution in [0.4, 0.5) is 33.5 Å². The number of benzene rings is 2. The van der Waals surface area contributed by atoms with Gasteiger partial charge in [0.1, 0.15) is 28.7 Å². The Labute approximate surface area is 233 Å². The highest BCUT2D eigenvalue weighted by atomic mass is 35.5. The van der Waals surface area contributed by atoms with Crippen molar-refractivity contribution in [2.75, 3.05) is 60.8 Å². The van der Waals surface area contributed by atoms with Gasteiger partial charge in [-0.05, 0) is 56.7 Å². The van der Waals surface area contributed by atoms with E-state index in [0.29, 0.717) is 28.4 Å². The van der Waals surface area contributed by atoms with Gasteiger partial charge < -0.3 is 20.3 Å². The third-order valence-electron chi connectivity index (χ3n) is 6.65. The van der Waals surface area contributed by atoms with E-state index < -0.39 is 6.03 Å². The van der Waals surface area contributed by atoms with Gasteiger partial charge in [0.15, 0.2) is 0 Å². The molecule has 1 aliphatic heterocycles.